The molecule has 0 fully saturated rings. The maximum atomic E-state index is 11.9. The predicted octanol–water partition coefficient (Wildman–Crippen LogP) is 1.60. The van der Waals surface area contributed by atoms with Gasteiger partial charge in [0.05, 0.1) is 12.6 Å². The Morgan fingerprint density at radius 3 is 2.11 bits per heavy atom. The molecule has 2 amide bonds. The van der Waals surface area contributed by atoms with Crippen molar-refractivity contribution in [3.05, 3.63) is 0 Å². The van der Waals surface area contributed by atoms with Crippen molar-refractivity contribution in [2.24, 2.45) is 5.92 Å². The van der Waals surface area contributed by atoms with Crippen LogP contribution < -0.4 is 10.6 Å². The van der Waals surface area contributed by atoms with Crippen molar-refractivity contribution in [1.29, 1.82) is 0 Å². The number of amides is 2. The zero-order chi connectivity index (χ0) is 15.1. The van der Waals surface area contributed by atoms with E-state index in [1.807, 2.05) is 13.8 Å². The van der Waals surface area contributed by atoms with Gasteiger partial charge in [-0.3, -0.25) is 0 Å². The van der Waals surface area contributed by atoms with E-state index in [0.29, 0.717) is 19.4 Å². The van der Waals surface area contributed by atoms with E-state index in [4.69, 9.17) is 4.74 Å². The third kappa shape index (κ3) is 5.06. The van der Waals surface area contributed by atoms with Crippen LogP contribution in [0.1, 0.15) is 40.5 Å². The number of hydrogen-bond acceptors (Lipinski definition) is 3. The molecule has 0 bridgehead atoms. The molecule has 6 nitrogen and oxygen atoms in total. The molecule has 3 N–H and O–H groups in total. The van der Waals surface area contributed by atoms with Gasteiger partial charge < -0.3 is 20.5 Å². The molecule has 0 aliphatic heterocycles. The van der Waals surface area contributed by atoms with Gasteiger partial charge in [-0.1, -0.05) is 27.7 Å². The van der Waals surface area contributed by atoms with E-state index in [1.165, 1.54) is 0 Å². The summed E-state index contributed by atoms with van der Waals surface area (Å²) in [7, 11) is 1.56. The fourth-order valence-corrected chi connectivity index (χ4v) is 1.78. The van der Waals surface area contributed by atoms with Crippen LogP contribution in [0.25, 0.3) is 0 Å². The molecule has 0 aliphatic rings. The Balaban J connectivity index is 4.70. The summed E-state index contributed by atoms with van der Waals surface area (Å²) in [5.41, 5.74) is -1.21. The van der Waals surface area contributed by atoms with Gasteiger partial charge in [0.2, 0.25) is 0 Å². The maximum absolute atomic E-state index is 11.9. The highest BCUT2D eigenvalue weighted by Gasteiger charge is 2.36. The number of methoxy groups -OCH3 is 1. The standard InChI is InChI=1S/C13H26N2O4/c1-6-13(7-2,11(16)17)15-12(18)14-10(8-19-5)9(3)4/h9-10H,6-8H2,1-5H3,(H,16,17)(H2,14,15,18). The highest BCUT2D eigenvalue weighted by molar-refractivity contribution is 5.86. The first-order chi connectivity index (χ1) is 8.82. The second-order valence-corrected chi connectivity index (χ2v) is 5.00. The highest BCUT2D eigenvalue weighted by atomic mass is 16.5. The first kappa shape index (κ1) is 17.7. The van der Waals surface area contributed by atoms with Crippen LogP contribution in [0.2, 0.25) is 0 Å². The predicted molar refractivity (Wildman–Crippen MR) is 73.1 cm³/mol. The van der Waals surface area contributed by atoms with Crippen molar-refractivity contribution in [3.63, 3.8) is 0 Å². The van der Waals surface area contributed by atoms with Gasteiger partial charge in [-0.25, -0.2) is 9.59 Å². The van der Waals surface area contributed by atoms with Crippen LogP contribution in [0, 0.1) is 5.92 Å². The van der Waals surface area contributed by atoms with Crippen LogP contribution in [-0.4, -0.2) is 42.4 Å². The Morgan fingerprint density at radius 1 is 1.26 bits per heavy atom. The molecular weight excluding hydrogens is 248 g/mol. The largest absolute Gasteiger partial charge is 0.480 e. The molecular formula is C13H26N2O4. The minimum Gasteiger partial charge on any atom is -0.480 e. The number of rotatable bonds is 8. The summed E-state index contributed by atoms with van der Waals surface area (Å²) < 4.78 is 5.04. The van der Waals surface area contributed by atoms with E-state index in [9.17, 15) is 14.7 Å². The average Bonchev–Trinajstić information content (AvgIpc) is 2.35. The van der Waals surface area contributed by atoms with E-state index in [1.54, 1.807) is 21.0 Å². The second-order valence-electron chi connectivity index (χ2n) is 5.00. The maximum Gasteiger partial charge on any atom is 0.329 e. The van der Waals surface area contributed by atoms with Crippen LogP contribution in [0.15, 0.2) is 0 Å². The molecule has 112 valence electrons. The topological polar surface area (TPSA) is 87.7 Å². The molecule has 0 radical (unpaired) electrons. The number of aliphatic carboxylic acids is 1. The molecule has 0 saturated carbocycles. The Kier molecular flexibility index (Phi) is 7.44. The lowest BCUT2D eigenvalue weighted by molar-refractivity contribution is -0.144. The Bertz CT molecular complexity index is 301. The van der Waals surface area contributed by atoms with Crippen LogP contribution in [0.3, 0.4) is 0 Å². The number of nitrogens with one attached hydrogen (secondary N) is 2. The first-order valence-electron chi connectivity index (χ1n) is 6.64. The molecule has 0 aromatic heterocycles. The van der Waals surface area contributed by atoms with Crippen LogP contribution in [0.4, 0.5) is 4.79 Å². The van der Waals surface area contributed by atoms with Crippen molar-refractivity contribution in [2.75, 3.05) is 13.7 Å². The zero-order valence-corrected chi connectivity index (χ0v) is 12.4. The van der Waals surface area contributed by atoms with Crippen LogP contribution in [-0.2, 0) is 9.53 Å². The van der Waals surface area contributed by atoms with E-state index >= 15 is 0 Å². The number of carbonyl (C=O) groups excluding carboxylic acids is 1. The smallest absolute Gasteiger partial charge is 0.329 e. The number of ether oxygens (including phenoxy) is 1. The molecule has 0 saturated heterocycles. The second kappa shape index (κ2) is 7.99. The molecule has 0 rings (SSSR count). The summed E-state index contributed by atoms with van der Waals surface area (Å²) in [6.07, 6.45) is 0.672. The molecule has 6 heteroatoms. The van der Waals surface area contributed by atoms with Crippen LogP contribution >= 0.6 is 0 Å². The lowest BCUT2D eigenvalue weighted by Gasteiger charge is -2.30. The number of carboxylic acid groups (broad SMARTS) is 1. The monoisotopic (exact) mass is 274 g/mol. The minimum atomic E-state index is -1.21. The third-order valence-corrected chi connectivity index (χ3v) is 3.44. The van der Waals surface area contributed by atoms with Crippen molar-refractivity contribution >= 4 is 12.0 Å². The van der Waals surface area contributed by atoms with Crippen molar-refractivity contribution < 1.29 is 19.4 Å². The Labute approximate surface area is 114 Å². The lowest BCUT2D eigenvalue weighted by Crippen LogP contribution is -2.58. The summed E-state index contributed by atoms with van der Waals surface area (Å²) in [6.45, 7) is 7.81. The van der Waals surface area contributed by atoms with E-state index in [0.717, 1.165) is 0 Å². The SMILES string of the molecule is CCC(CC)(NC(=O)NC(COC)C(C)C)C(=O)O. The van der Waals surface area contributed by atoms with Gasteiger partial charge in [0.25, 0.3) is 0 Å². The molecule has 0 aromatic rings. The molecule has 0 heterocycles. The molecule has 1 atom stereocenters. The van der Waals surface area contributed by atoms with Gasteiger partial charge in [0.1, 0.15) is 5.54 Å². The molecule has 0 aromatic carbocycles. The zero-order valence-electron chi connectivity index (χ0n) is 12.4. The Hall–Kier alpha value is -1.30. The fraction of sp³-hybridized carbons (Fsp3) is 0.846. The van der Waals surface area contributed by atoms with Gasteiger partial charge in [-0.15, -0.1) is 0 Å². The number of carboxylic acids is 1. The van der Waals surface area contributed by atoms with Gasteiger partial charge in [0.15, 0.2) is 0 Å². The third-order valence-electron chi connectivity index (χ3n) is 3.44. The normalized spacial score (nSPS) is 13.2. The van der Waals surface area contributed by atoms with Gasteiger partial charge in [-0.2, -0.15) is 0 Å². The summed E-state index contributed by atoms with van der Waals surface area (Å²) in [6, 6.07) is -0.618. The number of carbonyl (C=O) groups is 2. The molecule has 1 unspecified atom stereocenters. The van der Waals surface area contributed by atoms with E-state index in [-0.39, 0.29) is 12.0 Å². The highest BCUT2D eigenvalue weighted by Crippen LogP contribution is 2.15. The minimum absolute atomic E-state index is 0.148. The van der Waals surface area contributed by atoms with Gasteiger partial charge >= 0.3 is 12.0 Å². The van der Waals surface area contributed by atoms with E-state index in [2.05, 4.69) is 10.6 Å². The van der Waals surface area contributed by atoms with Crippen LogP contribution in [0.5, 0.6) is 0 Å². The van der Waals surface area contributed by atoms with E-state index < -0.39 is 17.5 Å². The summed E-state index contributed by atoms with van der Waals surface area (Å²) >= 11 is 0. The molecule has 19 heavy (non-hydrogen) atoms. The molecule has 0 aliphatic carbocycles. The summed E-state index contributed by atoms with van der Waals surface area (Å²) in [4.78, 5) is 23.2. The summed E-state index contributed by atoms with van der Waals surface area (Å²) in [5.74, 6) is -0.811. The average molecular weight is 274 g/mol. The van der Waals surface area contributed by atoms with Crippen molar-refractivity contribution in [2.45, 2.75) is 52.1 Å². The summed E-state index contributed by atoms with van der Waals surface area (Å²) in [5, 5.41) is 14.6. The number of urea groups is 1. The van der Waals surface area contributed by atoms with Gasteiger partial charge in [0, 0.05) is 7.11 Å². The Morgan fingerprint density at radius 2 is 1.79 bits per heavy atom. The van der Waals surface area contributed by atoms with Gasteiger partial charge in [-0.05, 0) is 18.8 Å². The first-order valence-corrected chi connectivity index (χ1v) is 6.64. The fourth-order valence-electron chi connectivity index (χ4n) is 1.78. The molecule has 0 spiro atoms. The van der Waals surface area contributed by atoms with Crippen molar-refractivity contribution in [1.82, 2.24) is 10.6 Å². The number of hydrogen-bond donors (Lipinski definition) is 3. The quantitative estimate of drug-likeness (QED) is 0.627. The van der Waals surface area contributed by atoms with Crippen molar-refractivity contribution in [3.8, 4) is 0 Å². The lowest BCUT2D eigenvalue weighted by atomic mass is 9.93.